The number of amides is 1. The highest BCUT2D eigenvalue weighted by Crippen LogP contribution is 2.42. The highest BCUT2D eigenvalue weighted by Gasteiger charge is 2.53. The molecular formula is C11H17NO2. The monoisotopic (exact) mass is 195 g/mol. The molecule has 3 nitrogen and oxygen atoms in total. The second kappa shape index (κ2) is 2.60. The van der Waals surface area contributed by atoms with Crippen LogP contribution in [0.5, 0.6) is 0 Å². The van der Waals surface area contributed by atoms with Crippen molar-refractivity contribution < 1.29 is 9.53 Å². The fraction of sp³-hybridized carbons (Fsp3) is 0.727. The molecule has 14 heavy (non-hydrogen) atoms. The minimum atomic E-state index is -0.476. The number of ether oxygens (including phenoxy) is 1. The SMILES string of the molecule is CC1(C)OC(C)(C)N2C(=O)C=CCC21. The first-order valence-electron chi connectivity index (χ1n) is 5.04. The van der Waals surface area contributed by atoms with Crippen LogP contribution in [0, 0.1) is 0 Å². The van der Waals surface area contributed by atoms with Crippen LogP contribution in [0.25, 0.3) is 0 Å². The predicted molar refractivity (Wildman–Crippen MR) is 53.6 cm³/mol. The summed E-state index contributed by atoms with van der Waals surface area (Å²) in [6.07, 6.45) is 4.47. The second-order valence-corrected chi connectivity index (χ2v) is 5.01. The minimum absolute atomic E-state index is 0.0665. The van der Waals surface area contributed by atoms with E-state index in [1.54, 1.807) is 6.08 Å². The van der Waals surface area contributed by atoms with Crippen LogP contribution in [0.15, 0.2) is 12.2 Å². The van der Waals surface area contributed by atoms with Gasteiger partial charge in [-0.15, -0.1) is 0 Å². The van der Waals surface area contributed by atoms with Crippen molar-refractivity contribution in [3.8, 4) is 0 Å². The largest absolute Gasteiger partial charge is 0.348 e. The molecule has 1 unspecified atom stereocenters. The standard InChI is InChI=1S/C11H17NO2/c1-10(2)8-6-5-7-9(13)12(8)11(3,4)14-10/h5,7-8H,6H2,1-4H3. The van der Waals surface area contributed by atoms with E-state index in [1.165, 1.54) is 0 Å². The fourth-order valence-corrected chi connectivity index (χ4v) is 2.63. The molecule has 0 aromatic rings. The molecule has 0 radical (unpaired) electrons. The van der Waals surface area contributed by atoms with Crippen molar-refractivity contribution in [1.82, 2.24) is 4.90 Å². The molecule has 0 aromatic carbocycles. The van der Waals surface area contributed by atoms with Crippen molar-refractivity contribution in [3.63, 3.8) is 0 Å². The van der Waals surface area contributed by atoms with Crippen LogP contribution >= 0.6 is 0 Å². The first-order valence-corrected chi connectivity index (χ1v) is 5.04. The zero-order valence-corrected chi connectivity index (χ0v) is 9.20. The summed E-state index contributed by atoms with van der Waals surface area (Å²) in [4.78, 5) is 13.6. The maximum atomic E-state index is 11.7. The smallest absolute Gasteiger partial charge is 0.248 e. The molecule has 1 fully saturated rings. The molecule has 3 heteroatoms. The van der Waals surface area contributed by atoms with E-state index < -0.39 is 5.72 Å². The molecule has 2 aliphatic heterocycles. The molecule has 0 spiro atoms. The van der Waals surface area contributed by atoms with Crippen LogP contribution < -0.4 is 0 Å². The third-order valence-corrected chi connectivity index (χ3v) is 3.06. The zero-order valence-electron chi connectivity index (χ0n) is 9.20. The minimum Gasteiger partial charge on any atom is -0.348 e. The maximum Gasteiger partial charge on any atom is 0.248 e. The summed E-state index contributed by atoms with van der Waals surface area (Å²) < 4.78 is 5.92. The van der Waals surface area contributed by atoms with Crippen molar-refractivity contribution in [3.05, 3.63) is 12.2 Å². The highest BCUT2D eigenvalue weighted by atomic mass is 16.6. The molecule has 1 amide bonds. The molecule has 0 saturated carbocycles. The van der Waals surface area contributed by atoms with E-state index in [2.05, 4.69) is 0 Å². The Morgan fingerprint density at radius 1 is 1.43 bits per heavy atom. The van der Waals surface area contributed by atoms with Gasteiger partial charge in [-0.1, -0.05) is 6.08 Å². The Morgan fingerprint density at radius 3 is 2.64 bits per heavy atom. The molecule has 0 bridgehead atoms. The van der Waals surface area contributed by atoms with Gasteiger partial charge >= 0.3 is 0 Å². The van der Waals surface area contributed by atoms with Crippen molar-refractivity contribution >= 4 is 5.91 Å². The molecule has 0 N–H and O–H groups in total. The summed E-state index contributed by atoms with van der Waals surface area (Å²) in [6.45, 7) is 8.00. The Morgan fingerprint density at radius 2 is 2.07 bits per heavy atom. The third-order valence-electron chi connectivity index (χ3n) is 3.06. The normalized spacial score (nSPS) is 33.3. The van der Waals surface area contributed by atoms with E-state index in [-0.39, 0.29) is 17.6 Å². The van der Waals surface area contributed by atoms with Gasteiger partial charge in [-0.2, -0.15) is 0 Å². The van der Waals surface area contributed by atoms with Crippen molar-refractivity contribution in [2.75, 3.05) is 0 Å². The number of rotatable bonds is 0. The lowest BCUT2D eigenvalue weighted by Crippen LogP contribution is -2.50. The van der Waals surface area contributed by atoms with Gasteiger partial charge < -0.3 is 9.64 Å². The topological polar surface area (TPSA) is 29.5 Å². The van der Waals surface area contributed by atoms with E-state index in [9.17, 15) is 4.79 Å². The van der Waals surface area contributed by atoms with E-state index >= 15 is 0 Å². The molecule has 1 atom stereocenters. The molecule has 1 saturated heterocycles. The Labute approximate surface area is 84.7 Å². The van der Waals surface area contributed by atoms with Crippen LogP contribution in [0.2, 0.25) is 0 Å². The van der Waals surface area contributed by atoms with Crippen LogP contribution in [0.1, 0.15) is 34.1 Å². The first kappa shape index (κ1) is 9.71. The van der Waals surface area contributed by atoms with Gasteiger partial charge in [0, 0.05) is 0 Å². The fourth-order valence-electron chi connectivity index (χ4n) is 2.63. The van der Waals surface area contributed by atoms with Crippen LogP contribution in [0.4, 0.5) is 0 Å². The first-order chi connectivity index (χ1) is 6.34. The molecule has 2 rings (SSSR count). The Balaban J connectivity index is 2.42. The molecule has 0 aliphatic carbocycles. The number of hydrogen-bond donors (Lipinski definition) is 0. The second-order valence-electron chi connectivity index (χ2n) is 5.01. The Hall–Kier alpha value is -0.830. The summed E-state index contributed by atoms with van der Waals surface area (Å²) in [6, 6.07) is 0.176. The average molecular weight is 195 g/mol. The van der Waals surface area contributed by atoms with Gasteiger partial charge in [0.2, 0.25) is 5.91 Å². The summed E-state index contributed by atoms with van der Waals surface area (Å²) in [7, 11) is 0. The van der Waals surface area contributed by atoms with Crippen LogP contribution in [-0.4, -0.2) is 28.2 Å². The lowest BCUT2D eigenvalue weighted by molar-refractivity contribution is -0.145. The number of fused-ring (bicyclic) bond motifs is 1. The van der Waals surface area contributed by atoms with Crippen LogP contribution in [0.3, 0.4) is 0 Å². The predicted octanol–water partition coefficient (Wildman–Crippen LogP) is 1.69. The summed E-state index contributed by atoms with van der Waals surface area (Å²) in [5.74, 6) is 0.0665. The van der Waals surface area contributed by atoms with Gasteiger partial charge in [0.15, 0.2) is 0 Å². The van der Waals surface area contributed by atoms with Gasteiger partial charge in [-0.25, -0.2) is 0 Å². The number of carbonyl (C=O) groups is 1. The number of hydrogen-bond acceptors (Lipinski definition) is 2. The van der Waals surface area contributed by atoms with Gasteiger partial charge in [0.05, 0.1) is 11.6 Å². The van der Waals surface area contributed by atoms with E-state index in [0.29, 0.717) is 0 Å². The van der Waals surface area contributed by atoms with Gasteiger partial charge in [0.1, 0.15) is 5.72 Å². The van der Waals surface area contributed by atoms with Gasteiger partial charge in [-0.05, 0) is 40.2 Å². The Kier molecular flexibility index (Phi) is 1.80. The molecule has 2 aliphatic rings. The number of carbonyl (C=O) groups excluding carboxylic acids is 1. The molecular weight excluding hydrogens is 178 g/mol. The molecule has 2 heterocycles. The van der Waals surface area contributed by atoms with Crippen LogP contribution in [-0.2, 0) is 9.53 Å². The maximum absolute atomic E-state index is 11.7. The van der Waals surface area contributed by atoms with E-state index in [1.807, 2.05) is 38.7 Å². The zero-order chi connectivity index (χ0) is 10.6. The van der Waals surface area contributed by atoms with E-state index in [4.69, 9.17) is 4.74 Å². The lowest BCUT2D eigenvalue weighted by atomic mass is 9.93. The van der Waals surface area contributed by atoms with Crippen molar-refractivity contribution in [2.24, 2.45) is 0 Å². The lowest BCUT2D eigenvalue weighted by Gasteiger charge is -2.35. The summed E-state index contributed by atoms with van der Waals surface area (Å²) in [5, 5.41) is 0. The summed E-state index contributed by atoms with van der Waals surface area (Å²) in [5.41, 5.74) is -0.722. The molecule has 78 valence electrons. The van der Waals surface area contributed by atoms with E-state index in [0.717, 1.165) is 6.42 Å². The quantitative estimate of drug-likeness (QED) is 0.588. The number of nitrogens with zero attached hydrogens (tertiary/aromatic N) is 1. The van der Waals surface area contributed by atoms with Gasteiger partial charge in [0.25, 0.3) is 0 Å². The van der Waals surface area contributed by atoms with Crippen molar-refractivity contribution in [1.29, 1.82) is 0 Å². The highest BCUT2D eigenvalue weighted by molar-refractivity contribution is 5.89. The Bertz CT molecular complexity index is 304. The van der Waals surface area contributed by atoms with Gasteiger partial charge in [-0.3, -0.25) is 4.79 Å². The third kappa shape index (κ3) is 1.19. The summed E-state index contributed by atoms with van der Waals surface area (Å²) >= 11 is 0. The average Bonchev–Trinajstić information content (AvgIpc) is 2.18. The van der Waals surface area contributed by atoms with Crippen molar-refractivity contribution in [2.45, 2.75) is 51.5 Å². The molecule has 0 aromatic heterocycles.